The van der Waals surface area contributed by atoms with Crippen LogP contribution in [0, 0.1) is 5.92 Å². The van der Waals surface area contributed by atoms with Crippen molar-refractivity contribution in [2.75, 3.05) is 44.6 Å². The highest BCUT2D eigenvalue weighted by atomic mass is 35.5. The van der Waals surface area contributed by atoms with Gasteiger partial charge in [0.15, 0.2) is 11.5 Å². The zero-order valence-corrected chi connectivity index (χ0v) is 27.5. The van der Waals surface area contributed by atoms with Crippen molar-refractivity contribution >= 4 is 40.9 Å². The van der Waals surface area contributed by atoms with Crippen LogP contribution in [0.15, 0.2) is 30.6 Å². The van der Waals surface area contributed by atoms with Gasteiger partial charge in [0.2, 0.25) is 11.8 Å². The van der Waals surface area contributed by atoms with Crippen LogP contribution in [0.4, 0.5) is 18.9 Å². The summed E-state index contributed by atoms with van der Waals surface area (Å²) >= 11 is 6.46. The first-order chi connectivity index (χ1) is 22.7. The number of aromatic nitrogens is 4. The lowest BCUT2D eigenvalue weighted by molar-refractivity contribution is -0.141. The van der Waals surface area contributed by atoms with Crippen molar-refractivity contribution in [3.05, 3.63) is 52.7 Å². The number of anilines is 1. The fourth-order valence-corrected chi connectivity index (χ4v) is 6.13. The van der Waals surface area contributed by atoms with E-state index < -0.39 is 30.2 Å². The van der Waals surface area contributed by atoms with Crippen molar-refractivity contribution in [1.82, 2.24) is 39.8 Å². The first kappa shape index (κ1) is 34.9. The van der Waals surface area contributed by atoms with E-state index in [9.17, 15) is 32.3 Å². The number of carbonyl (C=O) groups is 4. The Kier molecular flexibility index (Phi) is 10.4. The molecule has 3 aromatic rings. The first-order valence-corrected chi connectivity index (χ1v) is 16.0. The molecule has 17 heteroatoms. The number of carbonyl (C=O) groups excluding carboxylic acids is 4. The number of halogens is 4. The van der Waals surface area contributed by atoms with Gasteiger partial charge in [0.05, 0.1) is 28.0 Å². The van der Waals surface area contributed by atoms with Crippen LogP contribution in [0.5, 0.6) is 0 Å². The van der Waals surface area contributed by atoms with Crippen LogP contribution in [0.25, 0.3) is 11.3 Å². The van der Waals surface area contributed by atoms with Gasteiger partial charge in [-0.3, -0.25) is 23.9 Å². The number of alkyl halides is 3. The monoisotopic (exact) mass is 691 g/mol. The van der Waals surface area contributed by atoms with Crippen LogP contribution in [-0.4, -0.2) is 98.1 Å². The predicted octanol–water partition coefficient (Wildman–Crippen LogP) is 3.02. The molecular formula is C31H37ClF3N9O4. The molecule has 2 fully saturated rings. The number of piperazine rings is 1. The number of nitrogens with one attached hydrogen (secondary N) is 3. The summed E-state index contributed by atoms with van der Waals surface area (Å²) in [4.78, 5) is 58.9. The highest BCUT2D eigenvalue weighted by Gasteiger charge is 2.39. The zero-order chi connectivity index (χ0) is 34.7. The minimum atomic E-state index is -4.84. The van der Waals surface area contributed by atoms with Crippen molar-refractivity contribution in [2.45, 2.75) is 45.5 Å². The predicted molar refractivity (Wildman–Crippen MR) is 170 cm³/mol. The number of imidazole rings is 1. The van der Waals surface area contributed by atoms with E-state index in [2.05, 4.69) is 26.0 Å². The molecule has 2 aromatic heterocycles. The zero-order valence-electron chi connectivity index (χ0n) is 26.7. The number of benzene rings is 1. The molecule has 0 spiro atoms. The molecule has 0 saturated carbocycles. The Labute approximate surface area is 279 Å². The van der Waals surface area contributed by atoms with Crippen LogP contribution in [-0.2, 0) is 29.4 Å². The van der Waals surface area contributed by atoms with Crippen LogP contribution in [0.2, 0.25) is 5.02 Å². The summed E-state index contributed by atoms with van der Waals surface area (Å²) in [6, 6.07) is 4.17. The van der Waals surface area contributed by atoms with Crippen LogP contribution in [0.1, 0.15) is 53.4 Å². The van der Waals surface area contributed by atoms with Gasteiger partial charge in [-0.2, -0.15) is 18.3 Å². The van der Waals surface area contributed by atoms with Gasteiger partial charge in [-0.1, -0.05) is 11.6 Å². The second-order valence-electron chi connectivity index (χ2n) is 12.1. The van der Waals surface area contributed by atoms with E-state index in [-0.39, 0.29) is 57.1 Å². The minimum Gasteiger partial charge on any atom is -0.352 e. The molecule has 0 atom stereocenters. The molecule has 13 nitrogen and oxygen atoms in total. The maximum absolute atomic E-state index is 13.9. The molecule has 4 amide bonds. The third-order valence-corrected chi connectivity index (χ3v) is 8.59. The normalized spacial score (nSPS) is 15.9. The number of hydrogen-bond acceptors (Lipinski definition) is 7. The molecule has 3 N–H and O–H groups in total. The number of amides is 4. The van der Waals surface area contributed by atoms with Gasteiger partial charge in [-0.25, -0.2) is 4.98 Å². The smallest absolute Gasteiger partial charge is 0.352 e. The van der Waals surface area contributed by atoms with E-state index in [4.69, 9.17) is 11.6 Å². The second kappa shape index (κ2) is 14.4. The lowest BCUT2D eigenvalue weighted by Gasteiger charge is -2.37. The summed E-state index contributed by atoms with van der Waals surface area (Å²) in [5.41, 5.74) is -1.15. The van der Waals surface area contributed by atoms with E-state index in [1.165, 1.54) is 29.8 Å². The topological polar surface area (TPSA) is 146 Å². The Morgan fingerprint density at radius 1 is 1.06 bits per heavy atom. The SMILES string of the molecule is CC(C)NC(=O)Cn1cc(-c2cnc(C(=O)Nc3ccc(C(=O)N4CCN(C(=O)C5CCNCC5)CC4)c(Cl)c3)n2C)c(C(F)(F)F)n1. The molecule has 2 aliphatic heterocycles. The van der Waals surface area contributed by atoms with Gasteiger partial charge >= 0.3 is 6.18 Å². The van der Waals surface area contributed by atoms with Crippen LogP contribution >= 0.6 is 11.6 Å². The Morgan fingerprint density at radius 2 is 1.73 bits per heavy atom. The summed E-state index contributed by atoms with van der Waals surface area (Å²) in [5.74, 6) is -1.60. The first-order valence-electron chi connectivity index (χ1n) is 15.6. The average Bonchev–Trinajstić information content (AvgIpc) is 3.63. The molecule has 1 aromatic carbocycles. The highest BCUT2D eigenvalue weighted by molar-refractivity contribution is 6.34. The summed E-state index contributed by atoms with van der Waals surface area (Å²) in [6.07, 6.45) is -1.02. The molecule has 0 aliphatic carbocycles. The van der Waals surface area contributed by atoms with Gasteiger partial charge in [-0.15, -0.1) is 0 Å². The van der Waals surface area contributed by atoms with E-state index in [0.29, 0.717) is 26.2 Å². The van der Waals surface area contributed by atoms with Crippen molar-refractivity contribution < 1.29 is 32.3 Å². The highest BCUT2D eigenvalue weighted by Crippen LogP contribution is 2.36. The quantitative estimate of drug-likeness (QED) is 0.329. The summed E-state index contributed by atoms with van der Waals surface area (Å²) < 4.78 is 43.8. The molecule has 258 valence electrons. The average molecular weight is 692 g/mol. The number of hydrogen-bond donors (Lipinski definition) is 3. The maximum Gasteiger partial charge on any atom is 0.435 e. The van der Waals surface area contributed by atoms with E-state index in [1.807, 2.05) is 4.90 Å². The third kappa shape index (κ3) is 7.81. The minimum absolute atomic E-state index is 0.00791. The maximum atomic E-state index is 13.9. The van der Waals surface area contributed by atoms with E-state index in [0.717, 1.165) is 43.0 Å². The molecule has 0 bridgehead atoms. The standard InChI is InChI=1S/C31H37ClF3N9O4/c1-18(2)38-25(45)17-44-16-22(26(40-44)31(33,34)35)24-15-37-27(41(24)3)28(46)39-20-4-5-21(23(32)14-20)30(48)43-12-10-42(11-13-43)29(47)19-6-8-36-9-7-19/h4-5,14-16,18-19,36H,6-13,17H2,1-3H3,(H,38,45)(H,39,46). The molecule has 5 rings (SSSR count). The largest absolute Gasteiger partial charge is 0.435 e. The Morgan fingerprint density at radius 3 is 2.35 bits per heavy atom. The van der Waals surface area contributed by atoms with Crippen molar-refractivity contribution in [1.29, 1.82) is 0 Å². The Balaban J connectivity index is 1.24. The molecular weight excluding hydrogens is 655 g/mol. The van der Waals surface area contributed by atoms with Crippen LogP contribution in [0.3, 0.4) is 0 Å². The Bertz CT molecular complexity index is 1690. The van der Waals surface area contributed by atoms with Crippen molar-refractivity contribution in [3.63, 3.8) is 0 Å². The second-order valence-corrected chi connectivity index (χ2v) is 12.5. The van der Waals surface area contributed by atoms with Gasteiger partial charge in [0.25, 0.3) is 11.8 Å². The number of piperidine rings is 1. The number of nitrogens with zero attached hydrogens (tertiary/aromatic N) is 6. The van der Waals surface area contributed by atoms with Crippen molar-refractivity contribution in [2.24, 2.45) is 13.0 Å². The lowest BCUT2D eigenvalue weighted by Crippen LogP contribution is -2.52. The van der Waals surface area contributed by atoms with E-state index in [1.54, 1.807) is 18.7 Å². The number of rotatable bonds is 8. The van der Waals surface area contributed by atoms with E-state index >= 15 is 0 Å². The molecule has 0 unspecified atom stereocenters. The molecule has 4 heterocycles. The van der Waals surface area contributed by atoms with Gasteiger partial charge in [-0.05, 0) is 58.0 Å². The molecule has 0 radical (unpaired) electrons. The fourth-order valence-electron chi connectivity index (χ4n) is 5.87. The van der Waals surface area contributed by atoms with Gasteiger partial charge < -0.3 is 30.3 Å². The molecule has 2 saturated heterocycles. The molecule has 2 aliphatic rings. The summed E-state index contributed by atoms with van der Waals surface area (Å²) in [5, 5.41) is 12.2. The van der Waals surface area contributed by atoms with Gasteiger partial charge in [0, 0.05) is 57.1 Å². The Hall–Kier alpha value is -4.44. The lowest BCUT2D eigenvalue weighted by atomic mass is 9.96. The van der Waals surface area contributed by atoms with Crippen molar-refractivity contribution in [3.8, 4) is 11.3 Å². The summed E-state index contributed by atoms with van der Waals surface area (Å²) in [6.45, 7) is 6.27. The van der Waals surface area contributed by atoms with Crippen LogP contribution < -0.4 is 16.0 Å². The summed E-state index contributed by atoms with van der Waals surface area (Å²) in [7, 11) is 1.38. The fraction of sp³-hybridized carbons (Fsp3) is 0.484. The molecule has 48 heavy (non-hydrogen) atoms. The van der Waals surface area contributed by atoms with Gasteiger partial charge in [0.1, 0.15) is 6.54 Å². The third-order valence-electron chi connectivity index (χ3n) is 8.28.